The van der Waals surface area contributed by atoms with Gasteiger partial charge in [0, 0.05) is 19.6 Å². The molecule has 0 aromatic carbocycles. The van der Waals surface area contributed by atoms with E-state index in [2.05, 4.69) is 10.2 Å². The van der Waals surface area contributed by atoms with Crippen LogP contribution in [0.2, 0.25) is 0 Å². The number of rotatable bonds is 4. The monoisotopic (exact) mass is 306 g/mol. The molecule has 2 aliphatic heterocycles. The zero-order chi connectivity index (χ0) is 13.1. The van der Waals surface area contributed by atoms with Gasteiger partial charge in [0.2, 0.25) is 0 Å². The Morgan fingerprint density at radius 3 is 2.25 bits per heavy atom. The Balaban J connectivity index is 0.00000147. The van der Waals surface area contributed by atoms with Gasteiger partial charge in [0.1, 0.15) is 0 Å². The van der Waals surface area contributed by atoms with E-state index in [-0.39, 0.29) is 63.6 Å². The molecule has 0 radical (unpaired) electrons. The Morgan fingerprint density at radius 1 is 1.00 bits per heavy atom. The summed E-state index contributed by atoms with van der Waals surface area (Å²) in [6, 6.07) is 0. The molecule has 3 aliphatic rings. The maximum Gasteiger partial charge on any atom is 1.00 e. The molecule has 3 fully saturated rings. The van der Waals surface area contributed by atoms with Gasteiger partial charge in [-0.05, 0) is 57.5 Å². The average Bonchev–Trinajstić information content (AvgIpc) is 2.40. The second kappa shape index (κ2) is 8.94. The van der Waals surface area contributed by atoms with Gasteiger partial charge < -0.3 is 20.1 Å². The topological polar surface area (TPSA) is 47.6 Å². The first-order valence-electron chi connectivity index (χ1n) is 8.04. The van der Waals surface area contributed by atoms with Crippen LogP contribution in [-0.2, 0) is 4.74 Å². The van der Waals surface area contributed by atoms with Crippen molar-refractivity contribution in [3.63, 3.8) is 0 Å². The first kappa shape index (κ1) is 17.8. The van der Waals surface area contributed by atoms with Gasteiger partial charge in [-0.3, -0.25) is 0 Å². The van der Waals surface area contributed by atoms with Crippen LogP contribution in [0.5, 0.6) is 0 Å². The van der Waals surface area contributed by atoms with Crippen molar-refractivity contribution in [1.82, 2.24) is 10.2 Å². The fourth-order valence-corrected chi connectivity index (χ4v) is 3.56. The molecular weight excluding hydrogens is 279 g/mol. The summed E-state index contributed by atoms with van der Waals surface area (Å²) in [6.07, 6.45) is 6.84. The molecule has 0 bridgehead atoms. The second-order valence-electron chi connectivity index (χ2n) is 6.54. The molecule has 0 aromatic heterocycles. The van der Waals surface area contributed by atoms with Crippen molar-refractivity contribution >= 4 is 0 Å². The molecular formula is C15H27KN2O2. The molecule has 2 heterocycles. The van der Waals surface area contributed by atoms with Gasteiger partial charge in [0.15, 0.2) is 0 Å². The molecule has 110 valence electrons. The molecule has 4 nitrogen and oxygen atoms in total. The molecule has 5 heteroatoms. The summed E-state index contributed by atoms with van der Waals surface area (Å²) < 4.78 is 6.00. The van der Waals surface area contributed by atoms with Gasteiger partial charge in [-0.2, -0.15) is 0 Å². The van der Waals surface area contributed by atoms with Gasteiger partial charge in [-0.25, -0.2) is 0 Å². The van der Waals surface area contributed by atoms with Gasteiger partial charge >= 0.3 is 51.4 Å². The van der Waals surface area contributed by atoms with E-state index in [1.165, 1.54) is 45.6 Å². The molecule has 3 rings (SSSR count). The van der Waals surface area contributed by atoms with Crippen LogP contribution in [0.1, 0.15) is 38.5 Å². The van der Waals surface area contributed by atoms with E-state index in [4.69, 9.17) is 4.74 Å². The number of piperidine rings is 2. The molecule has 1 saturated carbocycles. The summed E-state index contributed by atoms with van der Waals surface area (Å²) in [4.78, 5) is 2.62. The molecule has 1 aliphatic carbocycles. The zero-order valence-corrected chi connectivity index (χ0v) is 16.0. The van der Waals surface area contributed by atoms with Gasteiger partial charge in [-0.1, -0.05) is 0 Å². The number of likely N-dealkylation sites (tertiary alicyclic amines) is 1. The zero-order valence-electron chi connectivity index (χ0n) is 12.9. The van der Waals surface area contributed by atoms with Crippen molar-refractivity contribution in [3.05, 3.63) is 0 Å². The standard InChI is InChI=1S/C15H27N2O2.K/c18-13-9-15(10-13)19-14-3-7-17(8-4-14)11-12-1-5-16-6-2-12;/h12-16H,1-11H2;/q-1;+1. The van der Waals surface area contributed by atoms with Gasteiger partial charge in [-0.15, -0.1) is 6.10 Å². The van der Waals surface area contributed by atoms with Gasteiger partial charge in [0.25, 0.3) is 0 Å². The Hall–Kier alpha value is 1.48. The first-order valence-corrected chi connectivity index (χ1v) is 8.04. The van der Waals surface area contributed by atoms with E-state index >= 15 is 0 Å². The summed E-state index contributed by atoms with van der Waals surface area (Å²) in [5.74, 6) is 0.895. The van der Waals surface area contributed by atoms with E-state index in [0.29, 0.717) is 6.10 Å². The normalized spacial score (nSPS) is 33.5. The van der Waals surface area contributed by atoms with Crippen LogP contribution in [0, 0.1) is 5.92 Å². The number of hydrogen-bond donors (Lipinski definition) is 1. The van der Waals surface area contributed by atoms with Crippen molar-refractivity contribution in [2.45, 2.75) is 56.8 Å². The molecule has 0 amide bonds. The third-order valence-corrected chi connectivity index (χ3v) is 4.95. The smallest absolute Gasteiger partial charge is 0.852 e. The predicted molar refractivity (Wildman–Crippen MR) is 73.0 cm³/mol. The summed E-state index contributed by atoms with van der Waals surface area (Å²) in [5.41, 5.74) is 0. The second-order valence-corrected chi connectivity index (χ2v) is 6.54. The molecule has 1 N–H and O–H groups in total. The van der Waals surface area contributed by atoms with Crippen LogP contribution in [0.4, 0.5) is 0 Å². The van der Waals surface area contributed by atoms with Crippen LogP contribution < -0.4 is 61.8 Å². The van der Waals surface area contributed by atoms with Crippen molar-refractivity contribution < 1.29 is 61.2 Å². The number of nitrogens with zero attached hydrogens (tertiary/aromatic N) is 1. The SMILES string of the molecule is [K+].[O-]C1CC(OC2CCN(CC3CCNCC3)CC2)C1. The molecule has 0 atom stereocenters. The fraction of sp³-hybridized carbons (Fsp3) is 1.00. The minimum Gasteiger partial charge on any atom is -0.852 e. The minimum atomic E-state index is -0.343. The summed E-state index contributed by atoms with van der Waals surface area (Å²) in [7, 11) is 0. The molecule has 20 heavy (non-hydrogen) atoms. The molecule has 2 saturated heterocycles. The Bertz CT molecular complexity index is 273. The molecule has 0 aromatic rings. The largest absolute Gasteiger partial charge is 1.00 e. The van der Waals surface area contributed by atoms with Crippen LogP contribution in [0.15, 0.2) is 0 Å². The van der Waals surface area contributed by atoms with E-state index in [0.717, 1.165) is 31.6 Å². The van der Waals surface area contributed by atoms with E-state index in [9.17, 15) is 5.11 Å². The van der Waals surface area contributed by atoms with Crippen molar-refractivity contribution in [1.29, 1.82) is 0 Å². The molecule has 0 unspecified atom stereocenters. The quantitative estimate of drug-likeness (QED) is 0.577. The summed E-state index contributed by atoms with van der Waals surface area (Å²) >= 11 is 0. The summed E-state index contributed by atoms with van der Waals surface area (Å²) in [6.45, 7) is 6.04. The van der Waals surface area contributed by atoms with E-state index < -0.39 is 0 Å². The van der Waals surface area contributed by atoms with Crippen LogP contribution in [0.25, 0.3) is 0 Å². The third-order valence-electron chi connectivity index (χ3n) is 4.95. The Morgan fingerprint density at radius 2 is 1.65 bits per heavy atom. The van der Waals surface area contributed by atoms with Crippen LogP contribution in [-0.4, -0.2) is 55.9 Å². The Kier molecular flexibility index (Phi) is 7.97. The maximum absolute atomic E-state index is 11.0. The maximum atomic E-state index is 11.0. The molecule has 0 spiro atoms. The fourth-order valence-electron chi connectivity index (χ4n) is 3.56. The average molecular weight is 306 g/mol. The van der Waals surface area contributed by atoms with Crippen molar-refractivity contribution in [3.8, 4) is 0 Å². The number of ether oxygens (including phenoxy) is 1. The van der Waals surface area contributed by atoms with E-state index in [1.807, 2.05) is 0 Å². The summed E-state index contributed by atoms with van der Waals surface area (Å²) in [5, 5.41) is 14.4. The van der Waals surface area contributed by atoms with Crippen molar-refractivity contribution in [2.75, 3.05) is 32.7 Å². The first-order chi connectivity index (χ1) is 9.29. The predicted octanol–water partition coefficient (Wildman–Crippen LogP) is -2.64. The number of nitrogens with one attached hydrogen (secondary N) is 1. The van der Waals surface area contributed by atoms with Crippen LogP contribution in [0.3, 0.4) is 0 Å². The number of hydrogen-bond acceptors (Lipinski definition) is 4. The van der Waals surface area contributed by atoms with Crippen LogP contribution >= 0.6 is 0 Å². The Labute approximate surface area is 165 Å². The van der Waals surface area contributed by atoms with Crippen molar-refractivity contribution in [2.24, 2.45) is 5.92 Å². The van der Waals surface area contributed by atoms with Gasteiger partial charge in [0.05, 0.1) is 12.2 Å². The van der Waals surface area contributed by atoms with E-state index in [1.54, 1.807) is 0 Å². The third kappa shape index (κ3) is 5.28. The minimum absolute atomic E-state index is 0.